The van der Waals surface area contributed by atoms with Gasteiger partial charge in [0.05, 0.1) is 0 Å². The van der Waals surface area contributed by atoms with Crippen molar-refractivity contribution in [1.29, 1.82) is 0 Å². The Bertz CT molecular complexity index is 1560. The first-order valence-corrected chi connectivity index (χ1v) is 11.1. The number of hydrogen-bond acceptors (Lipinski definition) is 2. The Hall–Kier alpha value is -3.36. The summed E-state index contributed by atoms with van der Waals surface area (Å²) in [5.41, 5.74) is 2.36. The van der Waals surface area contributed by atoms with E-state index in [-0.39, 0.29) is 0 Å². The van der Waals surface area contributed by atoms with Gasteiger partial charge in [0, 0.05) is 20.2 Å². The van der Waals surface area contributed by atoms with Crippen molar-refractivity contribution in [2.75, 3.05) is 0 Å². The average Bonchev–Trinajstić information content (AvgIpc) is 3.19. The van der Waals surface area contributed by atoms with E-state index < -0.39 is 0 Å². The lowest BCUT2D eigenvalue weighted by molar-refractivity contribution is 0.468. The Morgan fingerprint density at radius 3 is 2.10 bits per heavy atom. The molecule has 0 atom stereocenters. The summed E-state index contributed by atoms with van der Waals surface area (Å²) in [4.78, 5) is 0. The van der Waals surface area contributed by atoms with E-state index in [1.165, 1.54) is 47.3 Å². The predicted molar refractivity (Wildman–Crippen MR) is 130 cm³/mol. The first kappa shape index (κ1) is 17.5. The number of para-hydroxylation sites is 1. The molecular weight excluding hydrogens is 384 g/mol. The van der Waals surface area contributed by atoms with Gasteiger partial charge in [0.25, 0.3) is 0 Å². The van der Waals surface area contributed by atoms with E-state index in [0.29, 0.717) is 5.75 Å². The standard InChI is InChI=1S/C28H20OS/c29-24-12-6-3-8-19(24)13-14-21-17-20-9-2-5-11-23(20)27-26-22-10-4-1-7-18(22)15-16-25(26)30-28(21)27/h1-12,15-17,29H,13-14H2. The number of fused-ring (bicyclic) bond motifs is 7. The smallest absolute Gasteiger partial charge is 0.118 e. The molecule has 6 rings (SSSR count). The fourth-order valence-corrected chi connectivity index (χ4v) is 5.91. The van der Waals surface area contributed by atoms with Gasteiger partial charge >= 0.3 is 0 Å². The van der Waals surface area contributed by atoms with Crippen LogP contribution in [-0.4, -0.2) is 5.11 Å². The van der Waals surface area contributed by atoms with Crippen molar-refractivity contribution in [2.45, 2.75) is 12.8 Å². The van der Waals surface area contributed by atoms with Crippen LogP contribution >= 0.6 is 11.3 Å². The molecule has 1 nitrogen and oxygen atoms in total. The van der Waals surface area contributed by atoms with Gasteiger partial charge in [-0.2, -0.15) is 0 Å². The van der Waals surface area contributed by atoms with Crippen LogP contribution in [0.4, 0.5) is 0 Å². The summed E-state index contributed by atoms with van der Waals surface area (Å²) < 4.78 is 2.71. The molecule has 5 aromatic carbocycles. The number of aromatic hydroxyl groups is 1. The maximum Gasteiger partial charge on any atom is 0.118 e. The quantitative estimate of drug-likeness (QED) is 0.318. The molecule has 0 saturated heterocycles. The van der Waals surface area contributed by atoms with Crippen LogP contribution in [0.5, 0.6) is 5.75 Å². The van der Waals surface area contributed by atoms with Crippen LogP contribution in [0.3, 0.4) is 0 Å². The second-order valence-corrected chi connectivity index (χ2v) is 8.90. The van der Waals surface area contributed by atoms with E-state index in [0.717, 1.165) is 18.4 Å². The van der Waals surface area contributed by atoms with Gasteiger partial charge in [-0.15, -0.1) is 11.3 Å². The van der Waals surface area contributed by atoms with Crippen molar-refractivity contribution in [2.24, 2.45) is 0 Å². The van der Waals surface area contributed by atoms with Gasteiger partial charge in [-0.1, -0.05) is 72.8 Å². The number of benzene rings is 5. The van der Waals surface area contributed by atoms with E-state index in [2.05, 4.69) is 66.7 Å². The van der Waals surface area contributed by atoms with Gasteiger partial charge < -0.3 is 5.11 Å². The molecule has 0 saturated carbocycles. The predicted octanol–water partition coefficient (Wildman–Crippen LogP) is 7.85. The highest BCUT2D eigenvalue weighted by Gasteiger charge is 2.15. The Morgan fingerprint density at radius 1 is 0.600 bits per heavy atom. The van der Waals surface area contributed by atoms with Crippen molar-refractivity contribution < 1.29 is 5.11 Å². The Labute approximate surface area is 178 Å². The lowest BCUT2D eigenvalue weighted by Crippen LogP contribution is -1.93. The minimum Gasteiger partial charge on any atom is -0.508 e. The van der Waals surface area contributed by atoms with Crippen molar-refractivity contribution in [3.05, 3.63) is 102 Å². The first-order chi connectivity index (χ1) is 14.8. The molecule has 1 aromatic heterocycles. The Balaban J connectivity index is 1.65. The van der Waals surface area contributed by atoms with Crippen LogP contribution in [0.1, 0.15) is 11.1 Å². The third-order valence-corrected chi connectivity index (χ3v) is 7.32. The van der Waals surface area contributed by atoms with Crippen molar-refractivity contribution in [3.8, 4) is 5.75 Å². The molecule has 0 radical (unpaired) electrons. The summed E-state index contributed by atoms with van der Waals surface area (Å²) in [5, 5.41) is 18.2. The number of hydrogen-bond donors (Lipinski definition) is 1. The van der Waals surface area contributed by atoms with Crippen LogP contribution in [0, 0.1) is 0 Å². The number of phenolic OH excluding ortho intramolecular Hbond substituents is 1. The van der Waals surface area contributed by atoms with E-state index in [9.17, 15) is 5.11 Å². The normalized spacial score (nSPS) is 11.7. The van der Waals surface area contributed by atoms with E-state index in [1.54, 1.807) is 6.07 Å². The average molecular weight is 405 g/mol. The zero-order valence-electron chi connectivity index (χ0n) is 16.4. The summed E-state index contributed by atoms with van der Waals surface area (Å²) >= 11 is 1.89. The summed E-state index contributed by atoms with van der Waals surface area (Å²) in [6.07, 6.45) is 1.73. The summed E-state index contributed by atoms with van der Waals surface area (Å²) in [7, 11) is 0. The number of rotatable bonds is 3. The second kappa shape index (κ2) is 6.86. The molecule has 0 bridgehead atoms. The van der Waals surface area contributed by atoms with Crippen molar-refractivity contribution in [3.63, 3.8) is 0 Å². The van der Waals surface area contributed by atoms with Gasteiger partial charge in [-0.3, -0.25) is 0 Å². The molecular formula is C28H20OS. The zero-order valence-corrected chi connectivity index (χ0v) is 17.2. The molecule has 144 valence electrons. The van der Waals surface area contributed by atoms with Crippen LogP contribution in [0.2, 0.25) is 0 Å². The minimum atomic E-state index is 0.386. The van der Waals surface area contributed by atoms with Crippen LogP contribution < -0.4 is 0 Å². The van der Waals surface area contributed by atoms with Crippen LogP contribution in [0.25, 0.3) is 41.7 Å². The van der Waals surface area contributed by atoms with Gasteiger partial charge in [-0.25, -0.2) is 0 Å². The molecule has 0 amide bonds. The zero-order chi connectivity index (χ0) is 20.1. The Morgan fingerprint density at radius 2 is 1.27 bits per heavy atom. The fourth-order valence-electron chi connectivity index (χ4n) is 4.63. The molecule has 0 aliphatic rings. The summed E-state index contributed by atoms with van der Waals surface area (Å²) in [5.74, 6) is 0.386. The molecule has 2 heteroatoms. The molecule has 0 spiro atoms. The third kappa shape index (κ3) is 2.68. The van der Waals surface area contributed by atoms with Crippen molar-refractivity contribution in [1.82, 2.24) is 0 Å². The first-order valence-electron chi connectivity index (χ1n) is 10.3. The molecule has 0 unspecified atom stereocenters. The highest BCUT2D eigenvalue weighted by atomic mass is 32.1. The van der Waals surface area contributed by atoms with Crippen LogP contribution in [0.15, 0.2) is 91.0 Å². The van der Waals surface area contributed by atoms with E-state index >= 15 is 0 Å². The van der Waals surface area contributed by atoms with Crippen molar-refractivity contribution >= 4 is 53.1 Å². The molecule has 1 heterocycles. The largest absolute Gasteiger partial charge is 0.508 e. The highest BCUT2D eigenvalue weighted by molar-refractivity contribution is 7.26. The number of aryl methyl sites for hydroxylation is 2. The lowest BCUT2D eigenvalue weighted by Gasteiger charge is -2.09. The maximum atomic E-state index is 10.2. The molecule has 0 aliphatic heterocycles. The molecule has 1 N–H and O–H groups in total. The fraction of sp³-hybridized carbons (Fsp3) is 0.0714. The lowest BCUT2D eigenvalue weighted by atomic mass is 9.95. The summed E-state index contributed by atoms with van der Waals surface area (Å²) in [6, 6.07) is 31.9. The van der Waals surface area contributed by atoms with Gasteiger partial charge in [-0.05, 0) is 63.7 Å². The summed E-state index contributed by atoms with van der Waals surface area (Å²) in [6.45, 7) is 0. The molecule has 30 heavy (non-hydrogen) atoms. The van der Waals surface area contributed by atoms with Gasteiger partial charge in [0.15, 0.2) is 0 Å². The second-order valence-electron chi connectivity index (χ2n) is 7.85. The SMILES string of the molecule is Oc1ccccc1CCc1cc2ccccc2c2c1sc1ccc3ccccc3c12. The topological polar surface area (TPSA) is 20.2 Å². The number of phenols is 1. The monoisotopic (exact) mass is 404 g/mol. The number of thiophene rings is 1. The molecule has 0 fully saturated rings. The van der Waals surface area contributed by atoms with Gasteiger partial charge in [0.1, 0.15) is 5.75 Å². The highest BCUT2D eigenvalue weighted by Crippen LogP contribution is 2.44. The maximum absolute atomic E-state index is 10.2. The van der Waals surface area contributed by atoms with E-state index in [4.69, 9.17) is 0 Å². The minimum absolute atomic E-state index is 0.386. The third-order valence-electron chi connectivity index (χ3n) is 6.09. The molecule has 6 aromatic rings. The Kier molecular flexibility index (Phi) is 4.00. The molecule has 0 aliphatic carbocycles. The van der Waals surface area contributed by atoms with Gasteiger partial charge in [0.2, 0.25) is 0 Å². The van der Waals surface area contributed by atoms with Crippen LogP contribution in [-0.2, 0) is 12.8 Å². The van der Waals surface area contributed by atoms with E-state index in [1.807, 2.05) is 29.5 Å².